The molecular formula is C48H58ClN11O6S2. The van der Waals surface area contributed by atoms with Gasteiger partial charge in [0.2, 0.25) is 23.6 Å². The first-order chi connectivity index (χ1) is 32.4. The Morgan fingerprint density at radius 3 is 2.37 bits per heavy atom. The average Bonchev–Trinajstić information content (AvgIpc) is 4.07. The number of aliphatic hydroxyl groups is 1. The molecule has 0 radical (unpaired) electrons. The molecule has 5 amide bonds. The number of carbonyl (C=O) groups is 5. The van der Waals surface area contributed by atoms with Crippen LogP contribution in [0.2, 0.25) is 5.02 Å². The van der Waals surface area contributed by atoms with Crippen LogP contribution in [0.4, 0.5) is 22.5 Å². The van der Waals surface area contributed by atoms with E-state index in [1.54, 1.807) is 24.3 Å². The minimum absolute atomic E-state index is 0.00210. The van der Waals surface area contributed by atoms with Crippen LogP contribution in [0.3, 0.4) is 0 Å². The topological polar surface area (TPSA) is 215 Å². The van der Waals surface area contributed by atoms with Crippen LogP contribution in [0.5, 0.6) is 0 Å². The molecule has 0 bridgehead atoms. The van der Waals surface area contributed by atoms with Crippen molar-refractivity contribution < 1.29 is 29.1 Å². The SMILES string of the molecule is Cc1nc(Nc2ncc(C(=O)Nc3c(C)cccc3Cl)s2)cc(N2CCN(C(=O)CCCCC(=O)N[C@H](C(=O)N3C[C@H](O)C[C@H]3C(=O)NCc3ccc(-c4scnc4C)cc3)C(C)(C)C)CC2)n1. The summed E-state index contributed by atoms with van der Waals surface area (Å²) in [5.74, 6) is 0.337. The molecule has 5 heterocycles. The maximum absolute atomic E-state index is 14.1. The number of β-amino-alcohol motifs (C(OH)–C–C–N with tert-alkyl or cyclic N) is 1. The van der Waals surface area contributed by atoms with Gasteiger partial charge >= 0.3 is 0 Å². The monoisotopic (exact) mass is 983 g/mol. The van der Waals surface area contributed by atoms with Gasteiger partial charge in [-0.1, -0.05) is 80.1 Å². The summed E-state index contributed by atoms with van der Waals surface area (Å²) in [7, 11) is 0. The fourth-order valence-corrected chi connectivity index (χ4v) is 10.0. The zero-order valence-corrected chi connectivity index (χ0v) is 41.5. The molecule has 2 fully saturated rings. The first kappa shape index (κ1) is 49.9. The Kier molecular flexibility index (Phi) is 16.1. The summed E-state index contributed by atoms with van der Waals surface area (Å²) in [5.41, 5.74) is 5.42. The lowest BCUT2D eigenvalue weighted by Crippen LogP contribution is -2.57. The summed E-state index contributed by atoms with van der Waals surface area (Å²) >= 11 is 9.05. The Bertz CT molecular complexity index is 2610. The van der Waals surface area contributed by atoms with Crippen LogP contribution < -0.4 is 26.2 Å². The van der Waals surface area contributed by atoms with E-state index in [-0.39, 0.29) is 56.0 Å². The number of carbonyl (C=O) groups excluding carboxylic acids is 5. The van der Waals surface area contributed by atoms with Gasteiger partial charge in [0.15, 0.2) is 5.13 Å². The van der Waals surface area contributed by atoms with E-state index in [0.29, 0.717) is 77.2 Å². The molecule has 17 nitrogen and oxygen atoms in total. The Labute approximate surface area is 409 Å². The van der Waals surface area contributed by atoms with Gasteiger partial charge < -0.3 is 41.1 Å². The minimum Gasteiger partial charge on any atom is -0.391 e. The van der Waals surface area contributed by atoms with Crippen molar-refractivity contribution in [2.24, 2.45) is 5.41 Å². The number of piperazine rings is 1. The number of aryl methyl sites for hydroxylation is 3. The standard InChI is InChI=1S/C48H58ClN11O6S2/c1-28-10-9-11-34(49)41(28)57-45(65)36-25-51-47(68-36)55-37-23-38(54-30(3)53-37)58-18-20-59(21-19-58)40(63)13-8-7-12-39(62)56-43(48(4,5)6)46(66)60-26-33(61)22-35(60)44(64)50-24-31-14-16-32(17-15-31)42-29(2)52-27-67-42/h9-11,14-17,23,25,27,33,35,43,61H,7-8,12-13,18-22,24,26H2,1-6H3,(H,50,64)(H,56,62)(H,57,65)(H,51,53,54,55)/t33-,35+,43-/m1/s1. The fourth-order valence-electron chi connectivity index (χ4n) is 8.21. The van der Waals surface area contributed by atoms with Gasteiger partial charge in [-0.25, -0.2) is 19.9 Å². The molecule has 68 heavy (non-hydrogen) atoms. The van der Waals surface area contributed by atoms with Crippen molar-refractivity contribution in [3.8, 4) is 10.4 Å². The lowest BCUT2D eigenvalue weighted by Gasteiger charge is -2.35. The largest absolute Gasteiger partial charge is 0.391 e. The second-order valence-electron chi connectivity index (χ2n) is 18.2. The van der Waals surface area contributed by atoms with Crippen LogP contribution in [0, 0.1) is 26.2 Å². The van der Waals surface area contributed by atoms with Crippen LogP contribution in [0.25, 0.3) is 10.4 Å². The van der Waals surface area contributed by atoms with E-state index in [2.05, 4.69) is 46.1 Å². The summed E-state index contributed by atoms with van der Waals surface area (Å²) in [6.45, 7) is 13.5. The Morgan fingerprint density at radius 2 is 1.68 bits per heavy atom. The van der Waals surface area contributed by atoms with Crippen LogP contribution in [0.1, 0.15) is 85.2 Å². The van der Waals surface area contributed by atoms with E-state index in [1.807, 2.05) is 87.5 Å². The van der Waals surface area contributed by atoms with Crippen LogP contribution in [-0.4, -0.2) is 115 Å². The Hall–Kier alpha value is -6.02. The van der Waals surface area contributed by atoms with Gasteiger partial charge in [-0.15, -0.1) is 11.3 Å². The minimum atomic E-state index is -0.940. The molecule has 2 aliphatic heterocycles. The van der Waals surface area contributed by atoms with E-state index in [4.69, 9.17) is 11.6 Å². The van der Waals surface area contributed by atoms with Crippen molar-refractivity contribution in [1.82, 2.24) is 40.4 Å². The number of hydrogen-bond donors (Lipinski definition) is 5. The molecule has 2 aromatic carbocycles. The molecule has 3 atom stereocenters. The summed E-state index contributed by atoms with van der Waals surface area (Å²) in [4.78, 5) is 91.7. The molecular weight excluding hydrogens is 926 g/mol. The van der Waals surface area contributed by atoms with E-state index in [0.717, 1.165) is 27.3 Å². The maximum Gasteiger partial charge on any atom is 0.267 e. The van der Waals surface area contributed by atoms with E-state index in [9.17, 15) is 29.1 Å². The lowest BCUT2D eigenvalue weighted by atomic mass is 9.85. The van der Waals surface area contributed by atoms with Crippen LogP contribution in [0.15, 0.2) is 60.2 Å². The molecule has 7 rings (SSSR count). The van der Waals surface area contributed by atoms with Crippen molar-refractivity contribution in [2.75, 3.05) is 48.3 Å². The second-order valence-corrected chi connectivity index (χ2v) is 20.5. The maximum atomic E-state index is 14.1. The first-order valence-electron chi connectivity index (χ1n) is 22.7. The van der Waals surface area contributed by atoms with Crippen molar-refractivity contribution >= 4 is 86.3 Å². The molecule has 20 heteroatoms. The lowest BCUT2D eigenvalue weighted by molar-refractivity contribution is -0.144. The van der Waals surface area contributed by atoms with Gasteiger partial charge in [0, 0.05) is 64.6 Å². The average molecular weight is 985 g/mol. The quantitative estimate of drug-likeness (QED) is 0.0658. The third-order valence-corrected chi connectivity index (χ3v) is 14.2. The zero-order valence-electron chi connectivity index (χ0n) is 39.1. The van der Waals surface area contributed by atoms with Crippen LogP contribution >= 0.6 is 34.3 Å². The number of benzene rings is 2. The number of nitrogens with one attached hydrogen (secondary N) is 4. The highest BCUT2D eigenvalue weighted by Crippen LogP contribution is 2.31. The van der Waals surface area contributed by atoms with Crippen LogP contribution in [-0.2, 0) is 25.7 Å². The third kappa shape index (κ3) is 12.5. The number of aromatic nitrogens is 4. The predicted molar refractivity (Wildman–Crippen MR) is 265 cm³/mol. The number of aliphatic hydroxyl groups excluding tert-OH is 1. The summed E-state index contributed by atoms with van der Waals surface area (Å²) in [6, 6.07) is 13.3. The van der Waals surface area contributed by atoms with Gasteiger partial charge in [-0.3, -0.25) is 24.0 Å². The molecule has 360 valence electrons. The number of likely N-dealkylation sites (tertiary alicyclic amines) is 1. The second kappa shape index (κ2) is 21.9. The highest BCUT2D eigenvalue weighted by atomic mass is 35.5. The Morgan fingerprint density at radius 1 is 0.941 bits per heavy atom. The number of para-hydroxylation sites is 1. The number of halogens is 1. The summed E-state index contributed by atoms with van der Waals surface area (Å²) < 4.78 is 0. The molecule has 5 aromatic rings. The predicted octanol–water partition coefficient (Wildman–Crippen LogP) is 6.65. The highest BCUT2D eigenvalue weighted by Gasteiger charge is 2.44. The number of nitrogens with zero attached hydrogens (tertiary/aromatic N) is 7. The number of amides is 5. The molecule has 0 spiro atoms. The van der Waals surface area contributed by atoms with Crippen molar-refractivity contribution in [3.05, 3.63) is 92.8 Å². The van der Waals surface area contributed by atoms with Gasteiger partial charge in [-0.05, 0) is 61.8 Å². The highest BCUT2D eigenvalue weighted by molar-refractivity contribution is 7.17. The zero-order chi connectivity index (χ0) is 48.7. The summed E-state index contributed by atoms with van der Waals surface area (Å²) in [6.07, 6.45) is 2.06. The Balaban J connectivity index is 0.841. The molecule has 2 saturated heterocycles. The normalized spacial score (nSPS) is 16.6. The number of anilines is 4. The molecule has 3 aromatic heterocycles. The number of unbranched alkanes of at least 4 members (excludes halogenated alkanes) is 1. The van der Waals surface area contributed by atoms with Crippen molar-refractivity contribution in [1.29, 1.82) is 0 Å². The van der Waals surface area contributed by atoms with Gasteiger partial charge in [0.1, 0.15) is 34.4 Å². The van der Waals surface area contributed by atoms with Gasteiger partial charge in [-0.2, -0.15) is 0 Å². The number of rotatable bonds is 16. The van der Waals surface area contributed by atoms with Crippen molar-refractivity contribution in [3.63, 3.8) is 0 Å². The molecule has 0 aliphatic carbocycles. The third-order valence-electron chi connectivity index (χ3n) is 12.0. The smallest absolute Gasteiger partial charge is 0.267 e. The number of hydrogen-bond acceptors (Lipinski definition) is 14. The van der Waals surface area contributed by atoms with Crippen molar-refractivity contribution in [2.45, 2.75) is 98.4 Å². The molecule has 5 N–H and O–H groups in total. The molecule has 2 aliphatic rings. The van der Waals surface area contributed by atoms with E-state index in [1.165, 1.54) is 22.4 Å². The number of thiazole rings is 2. The van der Waals surface area contributed by atoms with Gasteiger partial charge in [0.25, 0.3) is 5.91 Å². The van der Waals surface area contributed by atoms with E-state index < -0.39 is 29.5 Å². The summed E-state index contributed by atoms with van der Waals surface area (Å²) in [5, 5.41) is 23.5. The molecule has 0 unspecified atom stereocenters. The van der Waals surface area contributed by atoms with E-state index >= 15 is 0 Å². The first-order valence-corrected chi connectivity index (χ1v) is 24.7. The fraction of sp³-hybridized carbons (Fsp3) is 0.438. The van der Waals surface area contributed by atoms with Gasteiger partial charge in [0.05, 0.1) is 39.1 Å². The molecule has 0 saturated carbocycles.